The van der Waals surface area contributed by atoms with E-state index in [2.05, 4.69) is 13.0 Å². The summed E-state index contributed by atoms with van der Waals surface area (Å²) in [5, 5.41) is 0. The Morgan fingerprint density at radius 2 is 1.89 bits per heavy atom. The van der Waals surface area contributed by atoms with Gasteiger partial charge in [-0.1, -0.05) is 18.6 Å². The number of alkyl halides is 1. The van der Waals surface area contributed by atoms with Gasteiger partial charge >= 0.3 is 0 Å². The summed E-state index contributed by atoms with van der Waals surface area (Å²) in [6, 6.07) is 0. The summed E-state index contributed by atoms with van der Waals surface area (Å²) in [5.74, 6) is 4.06. The zero-order chi connectivity index (χ0) is 12.5. The van der Waals surface area contributed by atoms with E-state index in [4.69, 9.17) is 0 Å². The molecule has 0 amide bonds. The predicted molar refractivity (Wildman–Crippen MR) is 74.2 cm³/mol. The van der Waals surface area contributed by atoms with Crippen LogP contribution in [0.25, 0.3) is 0 Å². The average molecular weight is 250 g/mol. The van der Waals surface area contributed by atoms with Gasteiger partial charge in [0.2, 0.25) is 0 Å². The molecule has 0 aromatic rings. The molecule has 0 aromatic heterocycles. The standard InChI is InChI=1S/C17H27F/c1-12-10-17(12)15-6-2-13(3-7-15)11-14-4-8-16(18)9-5-14/h4,12-13,15-17H,2-3,5-11H2,1H3. The molecule has 0 nitrogen and oxygen atoms in total. The molecule has 3 unspecified atom stereocenters. The Hall–Kier alpha value is -0.330. The van der Waals surface area contributed by atoms with E-state index in [0.29, 0.717) is 6.42 Å². The molecule has 18 heavy (non-hydrogen) atoms. The van der Waals surface area contributed by atoms with Crippen molar-refractivity contribution in [3.8, 4) is 0 Å². The molecular formula is C17H27F. The number of rotatable bonds is 3. The maximum absolute atomic E-state index is 13.1. The molecule has 0 N–H and O–H groups in total. The van der Waals surface area contributed by atoms with Crippen LogP contribution in [0.5, 0.6) is 0 Å². The number of hydrogen-bond donors (Lipinski definition) is 0. The third-order valence-corrected chi connectivity index (χ3v) is 5.66. The van der Waals surface area contributed by atoms with E-state index in [-0.39, 0.29) is 0 Å². The van der Waals surface area contributed by atoms with Crippen LogP contribution >= 0.6 is 0 Å². The highest BCUT2D eigenvalue weighted by Gasteiger charge is 2.40. The predicted octanol–water partition coefficient (Wildman–Crippen LogP) is 5.29. The van der Waals surface area contributed by atoms with Gasteiger partial charge in [-0.3, -0.25) is 0 Å². The summed E-state index contributed by atoms with van der Waals surface area (Å²) >= 11 is 0. The van der Waals surface area contributed by atoms with E-state index >= 15 is 0 Å². The fourth-order valence-electron chi connectivity index (χ4n) is 4.24. The molecule has 0 radical (unpaired) electrons. The second kappa shape index (κ2) is 5.35. The van der Waals surface area contributed by atoms with E-state index in [1.807, 2.05) is 0 Å². The van der Waals surface area contributed by atoms with Gasteiger partial charge in [-0.2, -0.15) is 0 Å². The Bertz CT molecular complexity index is 312. The molecule has 0 aromatic carbocycles. The topological polar surface area (TPSA) is 0 Å². The lowest BCUT2D eigenvalue weighted by atomic mass is 9.76. The number of hydrogen-bond acceptors (Lipinski definition) is 0. The minimum atomic E-state index is -0.555. The minimum absolute atomic E-state index is 0.555. The second-order valence-corrected chi connectivity index (χ2v) is 7.10. The molecule has 3 atom stereocenters. The Balaban J connectivity index is 1.43. The summed E-state index contributed by atoms with van der Waals surface area (Å²) in [6.45, 7) is 2.41. The molecule has 102 valence electrons. The van der Waals surface area contributed by atoms with E-state index in [1.54, 1.807) is 5.57 Å². The van der Waals surface area contributed by atoms with Gasteiger partial charge in [-0.25, -0.2) is 4.39 Å². The lowest BCUT2D eigenvalue weighted by Gasteiger charge is -2.30. The molecule has 2 saturated carbocycles. The highest BCUT2D eigenvalue weighted by molar-refractivity contribution is 5.08. The van der Waals surface area contributed by atoms with Crippen LogP contribution in [-0.4, -0.2) is 6.17 Å². The van der Waals surface area contributed by atoms with Crippen molar-refractivity contribution in [3.63, 3.8) is 0 Å². The Labute approximate surface area is 111 Å². The zero-order valence-corrected chi connectivity index (χ0v) is 11.7. The van der Waals surface area contributed by atoms with E-state index in [1.165, 1.54) is 38.5 Å². The number of halogens is 1. The largest absolute Gasteiger partial charge is 0.247 e. The highest BCUT2D eigenvalue weighted by Crippen LogP contribution is 2.50. The highest BCUT2D eigenvalue weighted by atomic mass is 19.1. The fourth-order valence-corrected chi connectivity index (χ4v) is 4.24. The van der Waals surface area contributed by atoms with E-state index < -0.39 is 6.17 Å². The molecule has 3 aliphatic carbocycles. The van der Waals surface area contributed by atoms with Gasteiger partial charge in [0.25, 0.3) is 0 Å². The van der Waals surface area contributed by atoms with Crippen molar-refractivity contribution in [3.05, 3.63) is 11.6 Å². The smallest absolute Gasteiger partial charge is 0.104 e. The van der Waals surface area contributed by atoms with Gasteiger partial charge in [0.05, 0.1) is 0 Å². The Kier molecular flexibility index (Phi) is 3.77. The third kappa shape index (κ3) is 2.97. The van der Waals surface area contributed by atoms with Gasteiger partial charge < -0.3 is 0 Å². The monoisotopic (exact) mass is 250 g/mol. The van der Waals surface area contributed by atoms with Crippen molar-refractivity contribution in [1.29, 1.82) is 0 Å². The van der Waals surface area contributed by atoms with Crippen LogP contribution in [0.1, 0.15) is 64.7 Å². The normalized spacial score (nSPS) is 44.6. The van der Waals surface area contributed by atoms with Crippen molar-refractivity contribution in [2.45, 2.75) is 70.9 Å². The quantitative estimate of drug-likeness (QED) is 0.597. The van der Waals surface area contributed by atoms with Crippen molar-refractivity contribution in [1.82, 2.24) is 0 Å². The van der Waals surface area contributed by atoms with Crippen LogP contribution < -0.4 is 0 Å². The Morgan fingerprint density at radius 1 is 1.17 bits per heavy atom. The average Bonchev–Trinajstić information content (AvgIpc) is 3.10. The summed E-state index contributed by atoms with van der Waals surface area (Å²) in [5.41, 5.74) is 1.56. The molecule has 0 saturated heterocycles. The van der Waals surface area contributed by atoms with Crippen molar-refractivity contribution >= 4 is 0 Å². The van der Waals surface area contributed by atoms with Gasteiger partial charge in [-0.05, 0) is 81.5 Å². The molecule has 2 fully saturated rings. The molecule has 0 bridgehead atoms. The first-order valence-electron chi connectivity index (χ1n) is 8.04. The van der Waals surface area contributed by atoms with Gasteiger partial charge in [0.1, 0.15) is 6.17 Å². The van der Waals surface area contributed by atoms with Crippen LogP contribution in [0, 0.1) is 23.7 Å². The van der Waals surface area contributed by atoms with Gasteiger partial charge in [0, 0.05) is 0 Å². The molecular weight excluding hydrogens is 223 g/mol. The first-order valence-corrected chi connectivity index (χ1v) is 8.04. The summed E-state index contributed by atoms with van der Waals surface area (Å²) in [6.07, 6.45) is 12.7. The van der Waals surface area contributed by atoms with Crippen LogP contribution in [0.15, 0.2) is 11.6 Å². The van der Waals surface area contributed by atoms with Crippen LogP contribution in [0.3, 0.4) is 0 Å². The zero-order valence-electron chi connectivity index (χ0n) is 11.7. The van der Waals surface area contributed by atoms with Crippen LogP contribution in [-0.2, 0) is 0 Å². The molecule has 1 heteroatoms. The summed E-state index contributed by atoms with van der Waals surface area (Å²) in [4.78, 5) is 0. The molecule has 0 heterocycles. The summed E-state index contributed by atoms with van der Waals surface area (Å²) < 4.78 is 13.1. The van der Waals surface area contributed by atoms with E-state index in [9.17, 15) is 4.39 Å². The van der Waals surface area contributed by atoms with Crippen molar-refractivity contribution in [2.24, 2.45) is 23.7 Å². The van der Waals surface area contributed by atoms with Crippen LogP contribution in [0.4, 0.5) is 4.39 Å². The maximum Gasteiger partial charge on any atom is 0.104 e. The van der Waals surface area contributed by atoms with Crippen LogP contribution in [0.2, 0.25) is 0 Å². The fraction of sp³-hybridized carbons (Fsp3) is 0.882. The van der Waals surface area contributed by atoms with Gasteiger partial charge in [-0.15, -0.1) is 0 Å². The van der Waals surface area contributed by atoms with E-state index in [0.717, 1.165) is 36.5 Å². The maximum atomic E-state index is 13.1. The minimum Gasteiger partial charge on any atom is -0.247 e. The van der Waals surface area contributed by atoms with Crippen molar-refractivity contribution < 1.29 is 4.39 Å². The first-order chi connectivity index (χ1) is 8.72. The number of allylic oxidation sites excluding steroid dienone is 2. The first kappa shape index (κ1) is 12.7. The van der Waals surface area contributed by atoms with Crippen molar-refractivity contribution in [2.75, 3.05) is 0 Å². The van der Waals surface area contributed by atoms with Gasteiger partial charge in [0.15, 0.2) is 0 Å². The lowest BCUT2D eigenvalue weighted by molar-refractivity contribution is 0.240. The SMILES string of the molecule is CC1CC1C1CCC(CC2=CCC(F)CC2)CC1. The second-order valence-electron chi connectivity index (χ2n) is 7.10. The summed E-state index contributed by atoms with van der Waals surface area (Å²) in [7, 11) is 0. The molecule has 0 spiro atoms. The Morgan fingerprint density at radius 3 is 2.44 bits per heavy atom. The molecule has 3 aliphatic rings. The molecule has 0 aliphatic heterocycles. The third-order valence-electron chi connectivity index (χ3n) is 5.66. The molecule has 3 rings (SSSR count). The lowest BCUT2D eigenvalue weighted by Crippen LogP contribution is -2.18.